The summed E-state index contributed by atoms with van der Waals surface area (Å²) in [6.07, 6.45) is 3.76. The minimum absolute atomic E-state index is 0.580. The first kappa shape index (κ1) is 12.6. The lowest BCUT2D eigenvalue weighted by Crippen LogP contribution is -2.31. The number of likely N-dealkylation sites (N-methyl/N-ethyl adjacent to an activating group) is 1. The van der Waals surface area contributed by atoms with Crippen molar-refractivity contribution in [2.24, 2.45) is 0 Å². The van der Waals surface area contributed by atoms with Gasteiger partial charge in [0.25, 0.3) is 0 Å². The second-order valence-electron chi connectivity index (χ2n) is 5.40. The Balaban J connectivity index is 2.15. The maximum Gasteiger partial charge on any atom is 0.0450 e. The van der Waals surface area contributed by atoms with Crippen molar-refractivity contribution >= 4 is 0 Å². The third-order valence-electron chi connectivity index (χ3n) is 3.95. The van der Waals surface area contributed by atoms with Crippen molar-refractivity contribution in [3.05, 3.63) is 29.6 Å². The van der Waals surface area contributed by atoms with Gasteiger partial charge in [-0.25, -0.2) is 0 Å². The van der Waals surface area contributed by atoms with Crippen LogP contribution in [-0.2, 0) is 0 Å². The fourth-order valence-corrected chi connectivity index (χ4v) is 2.59. The Morgan fingerprint density at radius 2 is 2.29 bits per heavy atom. The summed E-state index contributed by atoms with van der Waals surface area (Å²) in [4.78, 5) is 7.30. The third-order valence-corrected chi connectivity index (χ3v) is 3.95. The van der Waals surface area contributed by atoms with Gasteiger partial charge in [-0.2, -0.15) is 0 Å². The van der Waals surface area contributed by atoms with Crippen LogP contribution in [0.2, 0.25) is 0 Å². The summed E-state index contributed by atoms with van der Waals surface area (Å²) in [7, 11) is 2.21. The predicted molar refractivity (Wildman–Crippen MR) is 72.4 cm³/mol. The summed E-state index contributed by atoms with van der Waals surface area (Å²) in [5, 5.41) is 0. The number of rotatable bonds is 3. The van der Waals surface area contributed by atoms with Gasteiger partial charge in [-0.3, -0.25) is 4.98 Å². The third kappa shape index (κ3) is 3.06. The quantitative estimate of drug-likeness (QED) is 0.794. The first-order valence-corrected chi connectivity index (χ1v) is 6.86. The lowest BCUT2D eigenvalue weighted by Gasteiger charge is -2.29. The number of piperidine rings is 1. The zero-order valence-corrected chi connectivity index (χ0v) is 11.3. The molecule has 0 N–H and O–H groups in total. The standard InChI is InChI=1S/C15H24N2/c1-4-12(2)14-8-5-9-15(16-14)13-7-6-10-17(3)11-13/h5,8-9,12-13H,4,6-7,10-11H2,1-3H3. The molecule has 94 valence electrons. The number of nitrogens with zero attached hydrogens (tertiary/aromatic N) is 2. The zero-order valence-electron chi connectivity index (χ0n) is 11.3. The molecule has 1 saturated heterocycles. The number of hydrogen-bond donors (Lipinski definition) is 0. The van der Waals surface area contributed by atoms with Crippen LogP contribution >= 0.6 is 0 Å². The Kier molecular flexibility index (Phi) is 4.16. The number of likely N-dealkylation sites (tertiary alicyclic amines) is 1. The van der Waals surface area contributed by atoms with Gasteiger partial charge in [0.15, 0.2) is 0 Å². The second-order valence-corrected chi connectivity index (χ2v) is 5.40. The highest BCUT2D eigenvalue weighted by molar-refractivity contribution is 5.18. The fraction of sp³-hybridized carbons (Fsp3) is 0.667. The molecule has 1 aliphatic heterocycles. The molecule has 0 bridgehead atoms. The van der Waals surface area contributed by atoms with E-state index in [0.717, 1.165) is 6.54 Å². The molecular weight excluding hydrogens is 208 g/mol. The number of aromatic nitrogens is 1. The van der Waals surface area contributed by atoms with Crippen LogP contribution in [0, 0.1) is 0 Å². The highest BCUT2D eigenvalue weighted by atomic mass is 15.1. The molecule has 0 radical (unpaired) electrons. The van der Waals surface area contributed by atoms with E-state index >= 15 is 0 Å². The molecule has 2 atom stereocenters. The minimum atomic E-state index is 0.580. The SMILES string of the molecule is CCC(C)c1cccc(C2CCCN(C)C2)n1. The van der Waals surface area contributed by atoms with E-state index in [1.165, 1.54) is 37.2 Å². The van der Waals surface area contributed by atoms with Crippen molar-refractivity contribution in [3.63, 3.8) is 0 Å². The van der Waals surface area contributed by atoms with Crippen molar-refractivity contribution in [1.29, 1.82) is 0 Å². The molecule has 2 heterocycles. The molecule has 0 aliphatic carbocycles. The fourth-order valence-electron chi connectivity index (χ4n) is 2.59. The van der Waals surface area contributed by atoms with Gasteiger partial charge in [0.05, 0.1) is 0 Å². The molecule has 2 unspecified atom stereocenters. The molecule has 2 heteroatoms. The molecule has 0 aromatic carbocycles. The van der Waals surface area contributed by atoms with E-state index in [0.29, 0.717) is 11.8 Å². The van der Waals surface area contributed by atoms with Gasteiger partial charge >= 0.3 is 0 Å². The highest BCUT2D eigenvalue weighted by Gasteiger charge is 2.20. The van der Waals surface area contributed by atoms with E-state index in [-0.39, 0.29) is 0 Å². The van der Waals surface area contributed by atoms with E-state index in [2.05, 4.69) is 44.0 Å². The van der Waals surface area contributed by atoms with Crippen LogP contribution in [0.3, 0.4) is 0 Å². The second kappa shape index (κ2) is 5.63. The number of pyridine rings is 1. The molecule has 1 aromatic heterocycles. The summed E-state index contributed by atoms with van der Waals surface area (Å²) in [5.74, 6) is 1.22. The lowest BCUT2D eigenvalue weighted by atomic mass is 9.93. The molecule has 0 amide bonds. The maximum absolute atomic E-state index is 4.87. The smallest absolute Gasteiger partial charge is 0.0450 e. The normalized spacial score (nSPS) is 23.6. The monoisotopic (exact) mass is 232 g/mol. The molecule has 2 rings (SSSR count). The van der Waals surface area contributed by atoms with Crippen molar-refractivity contribution in [2.45, 2.75) is 44.9 Å². The maximum atomic E-state index is 4.87. The molecule has 1 aliphatic rings. The largest absolute Gasteiger partial charge is 0.306 e. The topological polar surface area (TPSA) is 16.1 Å². The minimum Gasteiger partial charge on any atom is -0.306 e. The van der Waals surface area contributed by atoms with Gasteiger partial charge in [-0.15, -0.1) is 0 Å². The van der Waals surface area contributed by atoms with E-state index in [1.54, 1.807) is 0 Å². The Morgan fingerprint density at radius 1 is 1.47 bits per heavy atom. The van der Waals surface area contributed by atoms with Crippen LogP contribution in [0.4, 0.5) is 0 Å². The Morgan fingerprint density at radius 3 is 3.00 bits per heavy atom. The zero-order chi connectivity index (χ0) is 12.3. The average Bonchev–Trinajstić information content (AvgIpc) is 2.38. The van der Waals surface area contributed by atoms with Crippen LogP contribution in [-0.4, -0.2) is 30.0 Å². The highest BCUT2D eigenvalue weighted by Crippen LogP contribution is 2.26. The van der Waals surface area contributed by atoms with Gasteiger partial charge in [-0.1, -0.05) is 19.9 Å². The van der Waals surface area contributed by atoms with Crippen molar-refractivity contribution in [2.75, 3.05) is 20.1 Å². The van der Waals surface area contributed by atoms with Gasteiger partial charge in [0.2, 0.25) is 0 Å². The Bertz CT molecular complexity index is 362. The average molecular weight is 232 g/mol. The van der Waals surface area contributed by atoms with Crippen LogP contribution in [0.15, 0.2) is 18.2 Å². The van der Waals surface area contributed by atoms with Gasteiger partial charge in [0.1, 0.15) is 0 Å². The van der Waals surface area contributed by atoms with E-state index in [1.807, 2.05) is 0 Å². The van der Waals surface area contributed by atoms with Crippen LogP contribution in [0.5, 0.6) is 0 Å². The summed E-state index contributed by atoms with van der Waals surface area (Å²) in [6, 6.07) is 6.55. The molecule has 1 fully saturated rings. The van der Waals surface area contributed by atoms with Crippen LogP contribution < -0.4 is 0 Å². The molecule has 1 aromatic rings. The van der Waals surface area contributed by atoms with Crippen molar-refractivity contribution in [1.82, 2.24) is 9.88 Å². The van der Waals surface area contributed by atoms with E-state index in [4.69, 9.17) is 4.98 Å². The van der Waals surface area contributed by atoms with Crippen molar-refractivity contribution in [3.8, 4) is 0 Å². The summed E-state index contributed by atoms with van der Waals surface area (Å²) < 4.78 is 0. The van der Waals surface area contributed by atoms with E-state index < -0.39 is 0 Å². The van der Waals surface area contributed by atoms with Gasteiger partial charge < -0.3 is 4.90 Å². The van der Waals surface area contributed by atoms with Crippen LogP contribution in [0.1, 0.15) is 56.3 Å². The van der Waals surface area contributed by atoms with Crippen LogP contribution in [0.25, 0.3) is 0 Å². The summed E-state index contributed by atoms with van der Waals surface area (Å²) in [5.41, 5.74) is 2.56. The molecule has 0 spiro atoms. The molecule has 2 nitrogen and oxygen atoms in total. The molecular formula is C15H24N2. The first-order valence-electron chi connectivity index (χ1n) is 6.86. The first-order chi connectivity index (χ1) is 8.20. The molecule has 0 saturated carbocycles. The van der Waals surface area contributed by atoms with E-state index in [9.17, 15) is 0 Å². The Labute approximate surface area is 105 Å². The lowest BCUT2D eigenvalue weighted by molar-refractivity contribution is 0.248. The van der Waals surface area contributed by atoms with Crippen molar-refractivity contribution < 1.29 is 0 Å². The van der Waals surface area contributed by atoms with Gasteiger partial charge in [0, 0.05) is 23.9 Å². The predicted octanol–water partition coefficient (Wildman–Crippen LogP) is 3.40. The molecule has 17 heavy (non-hydrogen) atoms. The summed E-state index contributed by atoms with van der Waals surface area (Å²) in [6.45, 7) is 6.89. The summed E-state index contributed by atoms with van der Waals surface area (Å²) >= 11 is 0. The number of hydrogen-bond acceptors (Lipinski definition) is 2. The Hall–Kier alpha value is -0.890. The van der Waals surface area contributed by atoms with Gasteiger partial charge in [-0.05, 0) is 50.9 Å².